The predicted octanol–water partition coefficient (Wildman–Crippen LogP) is 3.60. The van der Waals surface area contributed by atoms with Crippen LogP contribution in [0.25, 0.3) is 0 Å². The first-order valence-electron chi connectivity index (χ1n) is 7.35. The Bertz CT molecular complexity index is 848. The van der Waals surface area contributed by atoms with Gasteiger partial charge < -0.3 is 10.6 Å². The van der Waals surface area contributed by atoms with E-state index in [9.17, 15) is 27.2 Å². The zero-order valence-electron chi connectivity index (χ0n) is 12.7. The zero-order valence-corrected chi connectivity index (χ0v) is 12.7. The second-order valence-electron chi connectivity index (χ2n) is 5.72. The number of benzene rings is 2. The zero-order chi connectivity index (χ0) is 18.2. The van der Waals surface area contributed by atoms with Crippen LogP contribution in [0.15, 0.2) is 36.4 Å². The van der Waals surface area contributed by atoms with Gasteiger partial charge in [-0.25, -0.2) is 17.6 Å². The van der Waals surface area contributed by atoms with Crippen LogP contribution in [0.1, 0.15) is 12.8 Å². The lowest BCUT2D eigenvalue weighted by atomic mass is 10.0. The van der Waals surface area contributed by atoms with Gasteiger partial charge in [-0.1, -0.05) is 0 Å². The monoisotopic (exact) mass is 352 g/mol. The lowest BCUT2D eigenvalue weighted by Gasteiger charge is -2.16. The van der Waals surface area contributed by atoms with Crippen molar-refractivity contribution in [2.75, 3.05) is 10.6 Å². The molecule has 1 aliphatic carbocycles. The molecule has 4 nitrogen and oxygen atoms in total. The van der Waals surface area contributed by atoms with Crippen molar-refractivity contribution < 1.29 is 27.2 Å². The molecule has 2 N–H and O–H groups in total. The van der Waals surface area contributed by atoms with E-state index in [4.69, 9.17) is 0 Å². The summed E-state index contributed by atoms with van der Waals surface area (Å²) in [7, 11) is 0. The summed E-state index contributed by atoms with van der Waals surface area (Å²) in [5.74, 6) is -6.57. The Morgan fingerprint density at radius 2 is 1.40 bits per heavy atom. The third-order valence-corrected chi connectivity index (χ3v) is 4.00. The average Bonchev–Trinajstić information content (AvgIpc) is 3.39. The second kappa shape index (κ2) is 6.19. The third-order valence-electron chi connectivity index (χ3n) is 4.00. The lowest BCUT2D eigenvalue weighted by Crippen LogP contribution is -2.36. The first-order chi connectivity index (χ1) is 11.8. The quantitative estimate of drug-likeness (QED) is 0.502. The number of carbonyl (C=O) groups is 2. The Morgan fingerprint density at radius 1 is 0.800 bits per heavy atom. The first-order valence-corrected chi connectivity index (χ1v) is 7.35. The molecule has 0 bridgehead atoms. The Morgan fingerprint density at radius 3 is 2.00 bits per heavy atom. The van der Waals surface area contributed by atoms with Gasteiger partial charge in [-0.3, -0.25) is 9.59 Å². The Labute approximate surface area is 139 Å². The molecule has 0 saturated heterocycles. The van der Waals surface area contributed by atoms with Crippen LogP contribution in [0.3, 0.4) is 0 Å². The van der Waals surface area contributed by atoms with E-state index in [0.717, 1.165) is 18.2 Å². The van der Waals surface area contributed by atoms with Gasteiger partial charge in [0.25, 0.3) is 0 Å². The minimum atomic E-state index is -1.71. The van der Waals surface area contributed by atoms with Crippen LogP contribution in [-0.4, -0.2) is 11.8 Å². The Hall–Kier alpha value is -2.90. The van der Waals surface area contributed by atoms with Crippen LogP contribution in [-0.2, 0) is 9.59 Å². The highest BCUT2D eigenvalue weighted by Crippen LogP contribution is 2.47. The van der Waals surface area contributed by atoms with Gasteiger partial charge >= 0.3 is 0 Å². The van der Waals surface area contributed by atoms with Gasteiger partial charge in [0.05, 0.1) is 5.69 Å². The molecule has 1 aliphatic rings. The van der Waals surface area contributed by atoms with E-state index < -0.39 is 46.2 Å². The van der Waals surface area contributed by atoms with Crippen molar-refractivity contribution in [3.8, 4) is 0 Å². The summed E-state index contributed by atoms with van der Waals surface area (Å²) in [6.45, 7) is 0. The van der Waals surface area contributed by atoms with Crippen molar-refractivity contribution >= 4 is 23.2 Å². The van der Waals surface area contributed by atoms with E-state index in [0.29, 0.717) is 11.8 Å². The molecule has 0 heterocycles. The molecule has 8 heteroatoms. The molecule has 2 aromatic carbocycles. The van der Waals surface area contributed by atoms with E-state index in [-0.39, 0.29) is 12.8 Å². The molecule has 1 fully saturated rings. The Balaban J connectivity index is 1.74. The Kier molecular flexibility index (Phi) is 4.20. The van der Waals surface area contributed by atoms with Crippen molar-refractivity contribution in [1.82, 2.24) is 0 Å². The molecule has 130 valence electrons. The predicted molar refractivity (Wildman–Crippen MR) is 81.6 cm³/mol. The van der Waals surface area contributed by atoms with Gasteiger partial charge in [-0.05, 0) is 49.2 Å². The second-order valence-corrected chi connectivity index (χ2v) is 5.72. The summed E-state index contributed by atoms with van der Waals surface area (Å²) in [6.07, 6.45) is 0.439. The maximum Gasteiger partial charge on any atom is 0.240 e. The summed E-state index contributed by atoms with van der Waals surface area (Å²) < 4.78 is 52.7. The van der Waals surface area contributed by atoms with Gasteiger partial charge in [-0.15, -0.1) is 0 Å². The van der Waals surface area contributed by atoms with Crippen molar-refractivity contribution in [3.63, 3.8) is 0 Å². The molecule has 0 unspecified atom stereocenters. The van der Waals surface area contributed by atoms with Crippen LogP contribution in [0.4, 0.5) is 28.9 Å². The smallest absolute Gasteiger partial charge is 0.240 e. The molecule has 3 rings (SSSR count). The highest BCUT2D eigenvalue weighted by molar-refractivity contribution is 6.16. The van der Waals surface area contributed by atoms with Crippen molar-refractivity contribution in [2.45, 2.75) is 12.8 Å². The molecule has 0 aromatic heterocycles. The van der Waals surface area contributed by atoms with Crippen LogP contribution in [0.2, 0.25) is 0 Å². The molecule has 2 aromatic rings. The SMILES string of the molecule is O=C(Nc1ccc(F)cc1)C1(C(=O)Nc2ccc(F)c(F)c2F)CC1. The summed E-state index contributed by atoms with van der Waals surface area (Å²) in [5.41, 5.74) is -1.68. The van der Waals surface area contributed by atoms with Crippen molar-refractivity contribution in [1.29, 1.82) is 0 Å². The molecular weight excluding hydrogens is 340 g/mol. The molecule has 2 amide bonds. The van der Waals surface area contributed by atoms with Crippen LogP contribution >= 0.6 is 0 Å². The fourth-order valence-electron chi connectivity index (χ4n) is 2.33. The van der Waals surface area contributed by atoms with Crippen LogP contribution in [0.5, 0.6) is 0 Å². The maximum atomic E-state index is 13.7. The summed E-state index contributed by atoms with van der Waals surface area (Å²) in [5, 5.41) is 4.59. The average molecular weight is 352 g/mol. The molecular formula is C17H12F4N2O2. The largest absolute Gasteiger partial charge is 0.325 e. The van der Waals surface area contributed by atoms with Crippen molar-refractivity contribution in [3.05, 3.63) is 59.7 Å². The van der Waals surface area contributed by atoms with E-state index in [1.54, 1.807) is 0 Å². The number of anilines is 2. The summed E-state index contributed by atoms with van der Waals surface area (Å²) in [4.78, 5) is 24.6. The van der Waals surface area contributed by atoms with E-state index in [1.165, 1.54) is 12.1 Å². The molecule has 25 heavy (non-hydrogen) atoms. The number of nitrogens with one attached hydrogen (secondary N) is 2. The molecule has 0 radical (unpaired) electrons. The number of carbonyl (C=O) groups excluding carboxylic acids is 2. The minimum Gasteiger partial charge on any atom is -0.325 e. The number of hydrogen-bond acceptors (Lipinski definition) is 2. The summed E-state index contributed by atoms with van der Waals surface area (Å²) in [6, 6.07) is 6.50. The lowest BCUT2D eigenvalue weighted by molar-refractivity contribution is -0.131. The number of amides is 2. The van der Waals surface area contributed by atoms with E-state index >= 15 is 0 Å². The number of rotatable bonds is 4. The van der Waals surface area contributed by atoms with Gasteiger partial charge in [0.2, 0.25) is 11.8 Å². The molecule has 0 aliphatic heterocycles. The van der Waals surface area contributed by atoms with Crippen LogP contribution < -0.4 is 10.6 Å². The van der Waals surface area contributed by atoms with Crippen LogP contribution in [0, 0.1) is 28.7 Å². The van der Waals surface area contributed by atoms with Gasteiger partial charge in [-0.2, -0.15) is 0 Å². The molecule has 0 spiro atoms. The van der Waals surface area contributed by atoms with Gasteiger partial charge in [0, 0.05) is 5.69 Å². The van der Waals surface area contributed by atoms with Gasteiger partial charge in [0.15, 0.2) is 17.5 Å². The number of halogens is 4. The normalized spacial score (nSPS) is 14.7. The third kappa shape index (κ3) is 3.19. The fraction of sp³-hybridized carbons (Fsp3) is 0.176. The first kappa shape index (κ1) is 16.9. The summed E-state index contributed by atoms with van der Waals surface area (Å²) >= 11 is 0. The van der Waals surface area contributed by atoms with Crippen molar-refractivity contribution in [2.24, 2.45) is 5.41 Å². The highest BCUT2D eigenvalue weighted by atomic mass is 19.2. The molecule has 0 atom stereocenters. The topological polar surface area (TPSA) is 58.2 Å². The van der Waals surface area contributed by atoms with E-state index in [2.05, 4.69) is 10.6 Å². The van der Waals surface area contributed by atoms with E-state index in [1.807, 2.05) is 0 Å². The fourth-order valence-corrected chi connectivity index (χ4v) is 2.33. The minimum absolute atomic E-state index is 0.219. The maximum absolute atomic E-state index is 13.7. The highest BCUT2D eigenvalue weighted by Gasteiger charge is 2.56. The van der Waals surface area contributed by atoms with Gasteiger partial charge in [0.1, 0.15) is 11.2 Å². The standard InChI is InChI=1S/C17H12F4N2O2/c18-9-1-3-10(4-2-9)22-15(24)17(7-8-17)16(25)23-12-6-5-11(19)13(20)14(12)21/h1-6H,7-8H2,(H,22,24)(H,23,25). The molecule has 1 saturated carbocycles. The number of hydrogen-bond donors (Lipinski definition) is 2.